The van der Waals surface area contributed by atoms with Crippen LogP contribution in [0.5, 0.6) is 0 Å². The van der Waals surface area contributed by atoms with Crippen LogP contribution in [0.1, 0.15) is 120 Å². The summed E-state index contributed by atoms with van der Waals surface area (Å²) in [6, 6.07) is -4.55. The molecule has 0 aromatic carbocycles. The number of nitrogens with two attached hydrogens (primary N) is 1. The highest BCUT2D eigenvalue weighted by Gasteiger charge is 2.48. The molecule has 0 bridgehead atoms. The van der Waals surface area contributed by atoms with Crippen molar-refractivity contribution < 1.29 is 33.5 Å². The summed E-state index contributed by atoms with van der Waals surface area (Å²) < 4.78 is 5.64. The first-order valence-corrected chi connectivity index (χ1v) is 17.3. The van der Waals surface area contributed by atoms with E-state index in [4.69, 9.17) is 10.5 Å². The number of urea groups is 1. The Hall–Kier alpha value is -3.18. The Kier molecular flexibility index (Phi) is 12.2. The average Bonchev–Trinajstić information content (AvgIpc) is 3.60. The number of nitrogens with one attached hydrogen (secondary N) is 3. The van der Waals surface area contributed by atoms with Gasteiger partial charge in [0, 0.05) is 6.54 Å². The third-order valence-electron chi connectivity index (χ3n) is 9.99. The van der Waals surface area contributed by atoms with Gasteiger partial charge in [-0.05, 0) is 75.0 Å². The second-order valence-corrected chi connectivity index (χ2v) is 17.1. The van der Waals surface area contributed by atoms with E-state index >= 15 is 0 Å². The number of amides is 5. The molecule has 0 aromatic heterocycles. The molecule has 2 saturated carbocycles. The van der Waals surface area contributed by atoms with Crippen LogP contribution < -0.4 is 21.7 Å². The molecule has 2 aliphatic carbocycles. The predicted molar refractivity (Wildman–Crippen MR) is 178 cm³/mol. The lowest BCUT2D eigenvalue weighted by Gasteiger charge is -2.36. The first-order chi connectivity index (χ1) is 21.6. The molecule has 1 saturated heterocycles. The second kappa shape index (κ2) is 14.9. The molecule has 5 atom stereocenters. The van der Waals surface area contributed by atoms with Crippen LogP contribution >= 0.6 is 0 Å². The first kappa shape index (κ1) is 38.3. The van der Waals surface area contributed by atoms with Crippen LogP contribution in [-0.4, -0.2) is 76.7 Å². The molecule has 47 heavy (non-hydrogen) atoms. The summed E-state index contributed by atoms with van der Waals surface area (Å²) in [6.45, 7) is 17.2. The summed E-state index contributed by atoms with van der Waals surface area (Å²) in [5, 5.41) is 8.42. The maximum Gasteiger partial charge on any atom is 0.329 e. The highest BCUT2D eigenvalue weighted by atomic mass is 16.6. The fourth-order valence-corrected chi connectivity index (χ4v) is 6.84. The van der Waals surface area contributed by atoms with Gasteiger partial charge in [0.25, 0.3) is 5.91 Å². The van der Waals surface area contributed by atoms with E-state index in [-0.39, 0.29) is 29.7 Å². The van der Waals surface area contributed by atoms with Gasteiger partial charge >= 0.3 is 12.0 Å². The summed E-state index contributed by atoms with van der Waals surface area (Å²) in [6.07, 6.45) is 7.00. The minimum absolute atomic E-state index is 0.0486. The van der Waals surface area contributed by atoms with Crippen LogP contribution in [0.4, 0.5) is 4.79 Å². The number of Topliss-reactive ketones (excluding diaryl/α,β-unsaturated/α-hetero) is 1. The molecule has 5 amide bonds. The van der Waals surface area contributed by atoms with Crippen molar-refractivity contribution in [2.75, 3.05) is 6.54 Å². The first-order valence-electron chi connectivity index (χ1n) is 17.3. The van der Waals surface area contributed by atoms with Crippen molar-refractivity contribution in [2.24, 2.45) is 34.3 Å². The van der Waals surface area contributed by atoms with E-state index in [0.29, 0.717) is 12.8 Å². The predicted octanol–water partition coefficient (Wildman–Crippen LogP) is 3.59. The van der Waals surface area contributed by atoms with Crippen LogP contribution in [-0.2, 0) is 28.7 Å². The van der Waals surface area contributed by atoms with Crippen molar-refractivity contribution in [1.29, 1.82) is 0 Å². The molecule has 5 N–H and O–H groups in total. The van der Waals surface area contributed by atoms with Gasteiger partial charge in [0.1, 0.15) is 23.7 Å². The Morgan fingerprint density at radius 1 is 0.830 bits per heavy atom. The number of carbonyl (C=O) groups excluding carboxylic acids is 6. The van der Waals surface area contributed by atoms with Crippen LogP contribution in [0.25, 0.3) is 0 Å². The molecule has 3 aliphatic rings. The molecule has 12 heteroatoms. The maximum absolute atomic E-state index is 14.4. The SMILES string of the molecule is CC(C)(C)OC(=O)[C@@H](NC(=O)N[C@H](C(=O)N1C[C@H](C(C)(C)C)C[C@H]1C(=O)NC(CC1CCC1)C(=O)C(N)=O)C(C)(C)C)C1CCCC1. The fourth-order valence-electron chi connectivity index (χ4n) is 6.84. The summed E-state index contributed by atoms with van der Waals surface area (Å²) in [4.78, 5) is 81.1. The van der Waals surface area contributed by atoms with Crippen LogP contribution in [0, 0.1) is 28.6 Å². The molecule has 0 radical (unpaired) electrons. The minimum Gasteiger partial charge on any atom is -0.458 e. The average molecular weight is 662 g/mol. The summed E-state index contributed by atoms with van der Waals surface area (Å²) >= 11 is 0. The lowest BCUT2D eigenvalue weighted by atomic mass is 9.79. The van der Waals surface area contributed by atoms with Gasteiger partial charge in [0.2, 0.25) is 17.6 Å². The van der Waals surface area contributed by atoms with Crippen molar-refractivity contribution in [1.82, 2.24) is 20.9 Å². The Labute approximate surface area is 280 Å². The van der Waals surface area contributed by atoms with Gasteiger partial charge in [-0.1, -0.05) is 73.6 Å². The highest BCUT2D eigenvalue weighted by molar-refractivity contribution is 6.37. The lowest BCUT2D eigenvalue weighted by Crippen LogP contribution is -2.61. The van der Waals surface area contributed by atoms with Crippen molar-refractivity contribution in [3.63, 3.8) is 0 Å². The van der Waals surface area contributed by atoms with Crippen molar-refractivity contribution in [2.45, 2.75) is 150 Å². The van der Waals surface area contributed by atoms with Gasteiger partial charge < -0.3 is 31.3 Å². The number of esters is 1. The topological polar surface area (TPSA) is 177 Å². The number of ketones is 1. The molecule has 1 aliphatic heterocycles. The minimum atomic E-state index is -1.10. The van der Waals surface area contributed by atoms with Crippen molar-refractivity contribution >= 4 is 35.5 Å². The van der Waals surface area contributed by atoms with E-state index in [0.717, 1.165) is 44.9 Å². The number of hydrogen-bond acceptors (Lipinski definition) is 7. The fraction of sp³-hybridized carbons (Fsp3) is 0.829. The Bertz CT molecular complexity index is 1190. The lowest BCUT2D eigenvalue weighted by molar-refractivity contribution is -0.158. The smallest absolute Gasteiger partial charge is 0.329 e. The number of rotatable bonds is 11. The van der Waals surface area contributed by atoms with Gasteiger partial charge in [-0.15, -0.1) is 0 Å². The van der Waals surface area contributed by atoms with Crippen LogP contribution in [0.2, 0.25) is 0 Å². The molecule has 12 nitrogen and oxygen atoms in total. The number of nitrogens with zero attached hydrogens (tertiary/aromatic N) is 1. The zero-order chi connectivity index (χ0) is 35.5. The van der Waals surface area contributed by atoms with Gasteiger partial charge in [-0.25, -0.2) is 9.59 Å². The van der Waals surface area contributed by atoms with E-state index in [9.17, 15) is 28.8 Å². The largest absolute Gasteiger partial charge is 0.458 e. The standard InChI is InChI=1S/C35H59N5O7/c1-33(2,3)22-18-24(29(43)37-23(26(41)28(36)42)17-20-13-12-14-20)40(19-22)30(44)27(34(4,5)6)39-32(46)38-25(21-15-10-11-16-21)31(45)47-35(7,8)9/h20-25,27H,10-19H2,1-9H3,(H2,36,42)(H,37,43)(H2,38,39,46)/t22-,23?,24+,25+,27-/m1/s1. The highest BCUT2D eigenvalue weighted by Crippen LogP contribution is 2.39. The zero-order valence-electron chi connectivity index (χ0n) is 30.0. The molecule has 0 spiro atoms. The van der Waals surface area contributed by atoms with Gasteiger partial charge in [-0.2, -0.15) is 0 Å². The summed E-state index contributed by atoms with van der Waals surface area (Å²) in [5.74, 6) is -3.33. The molecule has 1 heterocycles. The number of ether oxygens (including phenoxy) is 1. The molecular formula is C35H59N5O7. The van der Waals surface area contributed by atoms with E-state index in [1.807, 2.05) is 41.5 Å². The Balaban J connectivity index is 1.85. The summed E-state index contributed by atoms with van der Waals surface area (Å²) in [7, 11) is 0. The Morgan fingerprint density at radius 3 is 1.89 bits per heavy atom. The Morgan fingerprint density at radius 2 is 1.43 bits per heavy atom. The number of primary amides is 1. The van der Waals surface area contributed by atoms with Gasteiger partial charge in [-0.3, -0.25) is 19.2 Å². The monoisotopic (exact) mass is 661 g/mol. The second-order valence-electron chi connectivity index (χ2n) is 17.1. The van der Waals surface area contributed by atoms with Crippen LogP contribution in [0.15, 0.2) is 0 Å². The molecule has 3 rings (SSSR count). The van der Waals surface area contributed by atoms with Gasteiger partial charge in [0.15, 0.2) is 0 Å². The van der Waals surface area contributed by atoms with Crippen molar-refractivity contribution in [3.8, 4) is 0 Å². The number of carbonyl (C=O) groups is 6. The maximum atomic E-state index is 14.4. The van der Waals surface area contributed by atoms with Gasteiger partial charge in [0.05, 0.1) is 6.04 Å². The van der Waals surface area contributed by atoms with E-state index in [2.05, 4.69) is 16.0 Å². The zero-order valence-corrected chi connectivity index (χ0v) is 30.0. The third kappa shape index (κ3) is 10.4. The molecule has 0 aromatic rings. The normalized spacial score (nSPS) is 22.9. The summed E-state index contributed by atoms with van der Waals surface area (Å²) in [5.41, 5.74) is 3.59. The molecule has 3 fully saturated rings. The van der Waals surface area contributed by atoms with E-state index in [1.165, 1.54) is 4.90 Å². The number of hydrogen-bond donors (Lipinski definition) is 4. The third-order valence-corrected chi connectivity index (χ3v) is 9.99. The molecule has 1 unspecified atom stereocenters. The van der Waals surface area contributed by atoms with Crippen molar-refractivity contribution in [3.05, 3.63) is 0 Å². The van der Waals surface area contributed by atoms with E-state index in [1.54, 1.807) is 20.8 Å². The molecular weight excluding hydrogens is 602 g/mol. The number of likely N-dealkylation sites (tertiary alicyclic amines) is 1. The molecule has 266 valence electrons. The van der Waals surface area contributed by atoms with Crippen LogP contribution in [0.3, 0.4) is 0 Å². The quantitative estimate of drug-likeness (QED) is 0.193. The van der Waals surface area contributed by atoms with E-state index < -0.39 is 70.7 Å².